The minimum absolute atomic E-state index is 0.149. The van der Waals surface area contributed by atoms with Crippen LogP contribution in [0.25, 0.3) is 0 Å². The van der Waals surface area contributed by atoms with Crippen LogP contribution < -0.4 is 5.32 Å². The Balaban J connectivity index is 2.22. The van der Waals surface area contributed by atoms with Gasteiger partial charge in [-0.05, 0) is 37.7 Å². The molecule has 1 atom stereocenters. The second kappa shape index (κ2) is 4.72. The lowest BCUT2D eigenvalue weighted by molar-refractivity contribution is 0.464. The van der Waals surface area contributed by atoms with Crippen molar-refractivity contribution >= 4 is 10.0 Å². The van der Waals surface area contributed by atoms with Crippen LogP contribution in [0.2, 0.25) is 0 Å². The SMILES string of the molecule is CNC1CCN(S(=O)(=O)c2ccc(F)cc2)C1. The highest BCUT2D eigenvalue weighted by molar-refractivity contribution is 7.89. The standard InChI is InChI=1S/C11H15FN2O2S/c1-13-10-6-7-14(8-10)17(15,16)11-4-2-9(12)3-5-11/h2-5,10,13H,6-8H2,1H3. The first-order valence-electron chi connectivity index (χ1n) is 5.47. The van der Waals surface area contributed by atoms with Crippen LogP contribution >= 0.6 is 0 Å². The highest BCUT2D eigenvalue weighted by Crippen LogP contribution is 2.21. The van der Waals surface area contributed by atoms with E-state index in [0.29, 0.717) is 13.1 Å². The summed E-state index contributed by atoms with van der Waals surface area (Å²) in [4.78, 5) is 0.149. The second-order valence-electron chi connectivity index (χ2n) is 4.09. The van der Waals surface area contributed by atoms with Crippen LogP contribution in [0.15, 0.2) is 29.2 Å². The van der Waals surface area contributed by atoms with Gasteiger partial charge in [0.1, 0.15) is 5.82 Å². The molecule has 1 aromatic carbocycles. The molecule has 0 amide bonds. The van der Waals surface area contributed by atoms with Gasteiger partial charge in [-0.3, -0.25) is 0 Å². The van der Waals surface area contributed by atoms with Gasteiger partial charge < -0.3 is 5.32 Å². The third-order valence-electron chi connectivity index (χ3n) is 3.01. The highest BCUT2D eigenvalue weighted by atomic mass is 32.2. The number of rotatable bonds is 3. The van der Waals surface area contributed by atoms with Crippen LogP contribution in [0.1, 0.15) is 6.42 Å². The number of nitrogens with zero attached hydrogens (tertiary/aromatic N) is 1. The quantitative estimate of drug-likeness (QED) is 0.873. The lowest BCUT2D eigenvalue weighted by Gasteiger charge is -2.16. The van der Waals surface area contributed by atoms with Crippen molar-refractivity contribution in [2.45, 2.75) is 17.4 Å². The Morgan fingerprint density at radius 3 is 2.53 bits per heavy atom. The molecule has 1 fully saturated rings. The van der Waals surface area contributed by atoms with Gasteiger partial charge >= 0.3 is 0 Å². The van der Waals surface area contributed by atoms with Crippen molar-refractivity contribution in [1.82, 2.24) is 9.62 Å². The summed E-state index contributed by atoms with van der Waals surface area (Å²) in [5.41, 5.74) is 0. The normalized spacial score (nSPS) is 21.9. The minimum atomic E-state index is -3.47. The Morgan fingerprint density at radius 2 is 2.00 bits per heavy atom. The first-order valence-corrected chi connectivity index (χ1v) is 6.91. The fourth-order valence-electron chi connectivity index (χ4n) is 1.94. The molecule has 0 saturated carbocycles. The minimum Gasteiger partial charge on any atom is -0.316 e. The number of hydrogen-bond acceptors (Lipinski definition) is 3. The summed E-state index contributed by atoms with van der Waals surface area (Å²) < 4.78 is 38.5. The maximum Gasteiger partial charge on any atom is 0.243 e. The number of halogens is 1. The zero-order valence-corrected chi connectivity index (χ0v) is 10.4. The maximum atomic E-state index is 12.8. The molecule has 17 heavy (non-hydrogen) atoms. The van der Waals surface area contributed by atoms with E-state index in [1.807, 2.05) is 7.05 Å². The molecule has 0 radical (unpaired) electrons. The summed E-state index contributed by atoms with van der Waals surface area (Å²) in [6.07, 6.45) is 0.803. The average Bonchev–Trinajstić information content (AvgIpc) is 2.78. The number of nitrogens with one attached hydrogen (secondary N) is 1. The molecule has 2 rings (SSSR count). The Morgan fingerprint density at radius 1 is 1.35 bits per heavy atom. The summed E-state index contributed by atoms with van der Waals surface area (Å²) in [6.45, 7) is 0.974. The third-order valence-corrected chi connectivity index (χ3v) is 4.89. The fraction of sp³-hybridized carbons (Fsp3) is 0.455. The van der Waals surface area contributed by atoms with Crippen LogP contribution in [0.4, 0.5) is 4.39 Å². The fourth-order valence-corrected chi connectivity index (χ4v) is 3.44. The monoisotopic (exact) mass is 258 g/mol. The van der Waals surface area contributed by atoms with Gasteiger partial charge in [0, 0.05) is 19.1 Å². The molecule has 1 aromatic rings. The molecule has 6 heteroatoms. The third kappa shape index (κ3) is 2.48. The smallest absolute Gasteiger partial charge is 0.243 e. The van der Waals surface area contributed by atoms with Gasteiger partial charge in [-0.25, -0.2) is 12.8 Å². The van der Waals surface area contributed by atoms with Gasteiger partial charge in [0.25, 0.3) is 0 Å². The lowest BCUT2D eigenvalue weighted by atomic mass is 10.3. The Hall–Kier alpha value is -0.980. The summed E-state index contributed by atoms with van der Waals surface area (Å²) >= 11 is 0. The molecule has 0 aliphatic carbocycles. The van der Waals surface area contributed by atoms with E-state index in [1.165, 1.54) is 28.6 Å². The number of sulfonamides is 1. The molecular formula is C11H15FN2O2S. The molecule has 1 saturated heterocycles. The van der Waals surface area contributed by atoms with Crippen molar-refractivity contribution in [3.05, 3.63) is 30.1 Å². The van der Waals surface area contributed by atoms with E-state index in [2.05, 4.69) is 5.32 Å². The van der Waals surface area contributed by atoms with Gasteiger partial charge in [-0.1, -0.05) is 0 Å². The molecule has 1 N–H and O–H groups in total. The van der Waals surface area contributed by atoms with E-state index >= 15 is 0 Å². The predicted octanol–water partition coefficient (Wildman–Crippen LogP) is 0.808. The van der Waals surface area contributed by atoms with Gasteiger partial charge in [-0.15, -0.1) is 0 Å². The molecular weight excluding hydrogens is 243 g/mol. The van der Waals surface area contributed by atoms with Gasteiger partial charge in [-0.2, -0.15) is 4.31 Å². The van der Waals surface area contributed by atoms with Crippen molar-refractivity contribution in [3.63, 3.8) is 0 Å². The van der Waals surface area contributed by atoms with E-state index < -0.39 is 15.8 Å². The van der Waals surface area contributed by atoms with Crippen molar-refractivity contribution in [2.24, 2.45) is 0 Å². The lowest BCUT2D eigenvalue weighted by Crippen LogP contribution is -2.33. The first kappa shape index (κ1) is 12.5. The molecule has 1 unspecified atom stereocenters. The van der Waals surface area contributed by atoms with Gasteiger partial charge in [0.2, 0.25) is 10.0 Å². The van der Waals surface area contributed by atoms with Crippen molar-refractivity contribution in [3.8, 4) is 0 Å². The molecule has 1 heterocycles. The molecule has 0 aromatic heterocycles. The zero-order chi connectivity index (χ0) is 12.5. The topological polar surface area (TPSA) is 49.4 Å². The Kier molecular flexibility index (Phi) is 3.46. The summed E-state index contributed by atoms with van der Waals surface area (Å²) in [5.74, 6) is -0.432. The molecule has 1 aliphatic heterocycles. The maximum absolute atomic E-state index is 12.8. The Bertz CT molecular complexity index is 487. The summed E-state index contributed by atoms with van der Waals surface area (Å²) in [7, 11) is -1.65. The van der Waals surface area contributed by atoms with E-state index in [-0.39, 0.29) is 10.9 Å². The van der Waals surface area contributed by atoms with Gasteiger partial charge in [0.15, 0.2) is 0 Å². The van der Waals surface area contributed by atoms with E-state index in [9.17, 15) is 12.8 Å². The van der Waals surface area contributed by atoms with Crippen LogP contribution in [0.5, 0.6) is 0 Å². The van der Waals surface area contributed by atoms with Crippen LogP contribution in [-0.2, 0) is 10.0 Å². The summed E-state index contributed by atoms with van der Waals surface area (Å²) in [5, 5.41) is 3.06. The number of hydrogen-bond donors (Lipinski definition) is 1. The first-order chi connectivity index (χ1) is 8.04. The van der Waals surface area contributed by atoms with Crippen LogP contribution in [0.3, 0.4) is 0 Å². The van der Waals surface area contributed by atoms with Crippen LogP contribution in [0, 0.1) is 5.82 Å². The van der Waals surface area contributed by atoms with E-state index in [0.717, 1.165) is 6.42 Å². The molecule has 0 bridgehead atoms. The Labute approximate surface area is 100 Å². The van der Waals surface area contributed by atoms with E-state index in [4.69, 9.17) is 0 Å². The van der Waals surface area contributed by atoms with Crippen molar-refractivity contribution in [2.75, 3.05) is 20.1 Å². The average molecular weight is 258 g/mol. The molecule has 4 nitrogen and oxygen atoms in total. The largest absolute Gasteiger partial charge is 0.316 e. The van der Waals surface area contributed by atoms with Crippen molar-refractivity contribution < 1.29 is 12.8 Å². The van der Waals surface area contributed by atoms with Gasteiger partial charge in [0.05, 0.1) is 4.90 Å². The number of likely N-dealkylation sites (N-methyl/N-ethyl adjacent to an activating group) is 1. The van der Waals surface area contributed by atoms with Crippen LogP contribution in [-0.4, -0.2) is 38.9 Å². The molecule has 0 spiro atoms. The highest BCUT2D eigenvalue weighted by Gasteiger charge is 2.31. The zero-order valence-electron chi connectivity index (χ0n) is 9.56. The molecule has 1 aliphatic rings. The molecule has 94 valence electrons. The summed E-state index contributed by atoms with van der Waals surface area (Å²) in [6, 6.07) is 5.14. The number of benzene rings is 1. The predicted molar refractivity (Wildman–Crippen MR) is 62.6 cm³/mol. The second-order valence-corrected chi connectivity index (χ2v) is 6.03. The van der Waals surface area contributed by atoms with E-state index in [1.54, 1.807) is 0 Å². The van der Waals surface area contributed by atoms with Crippen molar-refractivity contribution in [1.29, 1.82) is 0 Å².